The Bertz CT molecular complexity index is 596. The number of aromatic nitrogens is 2. The van der Waals surface area contributed by atoms with Crippen LogP contribution in [-0.4, -0.2) is 21.9 Å². The zero-order chi connectivity index (χ0) is 15.2. The van der Waals surface area contributed by atoms with Crippen molar-refractivity contribution in [2.75, 3.05) is 5.75 Å². The maximum Gasteiger partial charge on any atom is 0.221 e. The Labute approximate surface area is 129 Å². The summed E-state index contributed by atoms with van der Waals surface area (Å²) < 4.78 is 0. The molecule has 112 valence electrons. The van der Waals surface area contributed by atoms with Gasteiger partial charge in [0.25, 0.3) is 0 Å². The van der Waals surface area contributed by atoms with Gasteiger partial charge >= 0.3 is 0 Å². The van der Waals surface area contributed by atoms with Gasteiger partial charge in [0.2, 0.25) is 5.91 Å². The van der Waals surface area contributed by atoms with E-state index in [4.69, 9.17) is 0 Å². The molecule has 0 radical (unpaired) electrons. The molecule has 0 aliphatic heterocycles. The zero-order valence-corrected chi connectivity index (χ0v) is 13.5. The number of nitrogens with one attached hydrogen (secondary N) is 2. The van der Waals surface area contributed by atoms with Gasteiger partial charge in [-0.1, -0.05) is 6.07 Å². The second kappa shape index (κ2) is 7.31. The molecule has 2 aromatic rings. The first-order chi connectivity index (χ1) is 10.1. The van der Waals surface area contributed by atoms with Crippen molar-refractivity contribution in [2.24, 2.45) is 0 Å². The molecule has 0 bridgehead atoms. The molecule has 1 atom stereocenters. The van der Waals surface area contributed by atoms with Gasteiger partial charge < -0.3 is 5.32 Å². The molecule has 2 N–H and O–H groups in total. The van der Waals surface area contributed by atoms with E-state index in [1.165, 1.54) is 16.0 Å². The quantitative estimate of drug-likeness (QED) is 0.804. The molecule has 1 unspecified atom stereocenters. The second-order valence-electron chi connectivity index (χ2n) is 5.17. The van der Waals surface area contributed by atoms with Crippen LogP contribution in [0.4, 0.5) is 0 Å². The van der Waals surface area contributed by atoms with Crippen LogP contribution in [0.3, 0.4) is 0 Å². The highest BCUT2D eigenvalue weighted by molar-refractivity contribution is 7.99. The average molecular weight is 303 g/mol. The summed E-state index contributed by atoms with van der Waals surface area (Å²) in [6, 6.07) is 6.40. The van der Waals surface area contributed by atoms with E-state index < -0.39 is 0 Å². The SMILES string of the molecule is Cc1ccc(SCCC(=O)NC(C)c2cn[nH]c2)cc1C. The summed E-state index contributed by atoms with van der Waals surface area (Å²) >= 11 is 1.72. The van der Waals surface area contributed by atoms with Crippen molar-refractivity contribution >= 4 is 17.7 Å². The number of amides is 1. The highest BCUT2D eigenvalue weighted by atomic mass is 32.2. The van der Waals surface area contributed by atoms with Gasteiger partial charge in [-0.3, -0.25) is 9.89 Å². The van der Waals surface area contributed by atoms with Gasteiger partial charge in [0, 0.05) is 28.8 Å². The van der Waals surface area contributed by atoms with Crippen molar-refractivity contribution < 1.29 is 4.79 Å². The fourth-order valence-electron chi connectivity index (χ4n) is 1.96. The normalized spacial score (nSPS) is 12.1. The van der Waals surface area contributed by atoms with Gasteiger partial charge in [0.1, 0.15) is 0 Å². The van der Waals surface area contributed by atoms with Crippen LogP contribution < -0.4 is 5.32 Å². The first kappa shape index (κ1) is 15.6. The third-order valence-corrected chi connectivity index (χ3v) is 4.47. The highest BCUT2D eigenvalue weighted by Gasteiger charge is 2.10. The molecule has 0 aliphatic rings. The summed E-state index contributed by atoms with van der Waals surface area (Å²) in [7, 11) is 0. The van der Waals surface area contributed by atoms with E-state index in [-0.39, 0.29) is 11.9 Å². The lowest BCUT2D eigenvalue weighted by Crippen LogP contribution is -2.26. The van der Waals surface area contributed by atoms with Crippen molar-refractivity contribution in [1.29, 1.82) is 0 Å². The maximum absolute atomic E-state index is 11.9. The summed E-state index contributed by atoms with van der Waals surface area (Å²) in [4.78, 5) is 13.1. The van der Waals surface area contributed by atoms with Gasteiger partial charge in [-0.2, -0.15) is 5.10 Å². The first-order valence-corrected chi connectivity index (χ1v) is 8.03. The predicted octanol–water partition coefficient (Wildman–Crippen LogP) is 3.39. The van der Waals surface area contributed by atoms with Gasteiger partial charge in [-0.15, -0.1) is 11.8 Å². The molecule has 2 rings (SSSR count). The molecule has 1 aromatic carbocycles. The molecule has 21 heavy (non-hydrogen) atoms. The lowest BCUT2D eigenvalue weighted by atomic mass is 10.1. The van der Waals surface area contributed by atoms with E-state index in [1.54, 1.807) is 24.2 Å². The number of aryl methyl sites for hydroxylation is 2. The number of carbonyl (C=O) groups excluding carboxylic acids is 1. The maximum atomic E-state index is 11.9. The minimum atomic E-state index is -0.0112. The van der Waals surface area contributed by atoms with E-state index in [0.717, 1.165) is 11.3 Å². The Morgan fingerprint density at radius 2 is 2.19 bits per heavy atom. The van der Waals surface area contributed by atoms with E-state index in [9.17, 15) is 4.79 Å². The fraction of sp³-hybridized carbons (Fsp3) is 0.375. The standard InChI is InChI=1S/C16H21N3OS/c1-11-4-5-15(8-12(11)2)21-7-6-16(20)19-13(3)14-9-17-18-10-14/h4-5,8-10,13H,6-7H2,1-3H3,(H,17,18)(H,19,20). The molecule has 0 saturated carbocycles. The first-order valence-electron chi connectivity index (χ1n) is 7.04. The third kappa shape index (κ3) is 4.63. The largest absolute Gasteiger partial charge is 0.349 e. The second-order valence-corrected chi connectivity index (χ2v) is 6.33. The Morgan fingerprint density at radius 1 is 1.38 bits per heavy atom. The Balaban J connectivity index is 1.75. The number of thioether (sulfide) groups is 1. The molecule has 4 nitrogen and oxygen atoms in total. The zero-order valence-electron chi connectivity index (χ0n) is 12.6. The lowest BCUT2D eigenvalue weighted by molar-refractivity contribution is -0.121. The van der Waals surface area contributed by atoms with Crippen LogP contribution in [0.2, 0.25) is 0 Å². The number of rotatable bonds is 6. The number of nitrogens with zero attached hydrogens (tertiary/aromatic N) is 1. The van der Waals surface area contributed by atoms with Crippen LogP contribution in [0, 0.1) is 13.8 Å². The smallest absolute Gasteiger partial charge is 0.221 e. The summed E-state index contributed by atoms with van der Waals surface area (Å²) in [6.07, 6.45) is 4.04. The lowest BCUT2D eigenvalue weighted by Gasteiger charge is -2.12. The van der Waals surface area contributed by atoms with Gasteiger partial charge in [0.05, 0.1) is 12.2 Å². The highest BCUT2D eigenvalue weighted by Crippen LogP contribution is 2.21. The number of H-pyrrole nitrogens is 1. The molecule has 0 spiro atoms. The topological polar surface area (TPSA) is 57.8 Å². The molecule has 0 fully saturated rings. The van der Waals surface area contributed by atoms with E-state index in [2.05, 4.69) is 47.6 Å². The summed E-state index contributed by atoms with van der Waals surface area (Å²) in [6.45, 7) is 6.17. The Kier molecular flexibility index (Phi) is 5.44. The van der Waals surface area contributed by atoms with Crippen LogP contribution in [0.15, 0.2) is 35.5 Å². The monoisotopic (exact) mass is 303 g/mol. The molecular weight excluding hydrogens is 282 g/mol. The van der Waals surface area contributed by atoms with Crippen molar-refractivity contribution in [1.82, 2.24) is 15.5 Å². The molecule has 0 saturated heterocycles. The van der Waals surface area contributed by atoms with E-state index >= 15 is 0 Å². The molecular formula is C16H21N3OS. The third-order valence-electron chi connectivity index (χ3n) is 3.47. The average Bonchev–Trinajstić information content (AvgIpc) is 2.97. The Morgan fingerprint density at radius 3 is 2.86 bits per heavy atom. The molecule has 1 heterocycles. The van der Waals surface area contributed by atoms with Gasteiger partial charge in [-0.25, -0.2) is 0 Å². The summed E-state index contributed by atoms with van der Waals surface area (Å²) in [5.74, 6) is 0.854. The molecule has 5 heteroatoms. The van der Waals surface area contributed by atoms with Crippen LogP contribution in [0.25, 0.3) is 0 Å². The molecule has 1 aromatic heterocycles. The number of aromatic amines is 1. The van der Waals surface area contributed by atoms with Crippen molar-refractivity contribution in [3.05, 3.63) is 47.3 Å². The number of hydrogen-bond donors (Lipinski definition) is 2. The van der Waals surface area contributed by atoms with Crippen molar-refractivity contribution in [3.8, 4) is 0 Å². The minimum absolute atomic E-state index is 0.0112. The molecule has 1 amide bonds. The van der Waals surface area contributed by atoms with Gasteiger partial charge in [0.15, 0.2) is 0 Å². The van der Waals surface area contributed by atoms with Crippen LogP contribution in [0.1, 0.15) is 36.1 Å². The van der Waals surface area contributed by atoms with Crippen LogP contribution >= 0.6 is 11.8 Å². The fourth-order valence-corrected chi connectivity index (χ4v) is 2.91. The Hall–Kier alpha value is -1.75. The van der Waals surface area contributed by atoms with Gasteiger partial charge in [-0.05, 0) is 44.0 Å². The summed E-state index contributed by atoms with van der Waals surface area (Å²) in [5, 5.41) is 9.62. The van der Waals surface area contributed by atoms with Crippen molar-refractivity contribution in [2.45, 2.75) is 38.1 Å². The molecule has 0 aliphatic carbocycles. The van der Waals surface area contributed by atoms with Crippen molar-refractivity contribution in [3.63, 3.8) is 0 Å². The number of carbonyl (C=O) groups is 1. The predicted molar refractivity (Wildman–Crippen MR) is 86.4 cm³/mol. The summed E-state index contributed by atoms with van der Waals surface area (Å²) in [5.41, 5.74) is 3.58. The van der Waals surface area contributed by atoms with Crippen LogP contribution in [0.5, 0.6) is 0 Å². The van der Waals surface area contributed by atoms with Crippen LogP contribution in [-0.2, 0) is 4.79 Å². The van der Waals surface area contributed by atoms with E-state index in [1.807, 2.05) is 6.92 Å². The minimum Gasteiger partial charge on any atom is -0.349 e. The van der Waals surface area contributed by atoms with E-state index in [0.29, 0.717) is 6.42 Å². The number of benzene rings is 1. The number of hydrogen-bond acceptors (Lipinski definition) is 3.